The summed E-state index contributed by atoms with van der Waals surface area (Å²) in [7, 11) is 4.03. The summed E-state index contributed by atoms with van der Waals surface area (Å²) in [6.07, 6.45) is 2.43. The zero-order chi connectivity index (χ0) is 15.8. The molecule has 1 N–H and O–H groups in total. The molecular weight excluding hydrogens is 399 g/mol. The monoisotopic (exact) mass is 430 g/mol. The van der Waals surface area contributed by atoms with Gasteiger partial charge >= 0.3 is 0 Å². The number of halogens is 1. The summed E-state index contributed by atoms with van der Waals surface area (Å²) >= 11 is 0. The van der Waals surface area contributed by atoms with E-state index in [2.05, 4.69) is 64.4 Å². The highest BCUT2D eigenvalue weighted by atomic mass is 127. The summed E-state index contributed by atoms with van der Waals surface area (Å²) in [5.41, 5.74) is 1.45. The van der Waals surface area contributed by atoms with E-state index >= 15 is 0 Å². The van der Waals surface area contributed by atoms with E-state index in [1.165, 1.54) is 18.4 Å². The Labute approximate surface area is 158 Å². The molecule has 1 aromatic carbocycles. The number of aliphatic imine (C=N–C) groups is 1. The van der Waals surface area contributed by atoms with E-state index in [-0.39, 0.29) is 24.0 Å². The third kappa shape index (κ3) is 6.67. The molecule has 0 radical (unpaired) electrons. The number of hydrogen-bond donors (Lipinski definition) is 1. The quantitative estimate of drug-likeness (QED) is 0.428. The molecule has 0 saturated carbocycles. The van der Waals surface area contributed by atoms with Crippen LogP contribution in [0.3, 0.4) is 0 Å². The van der Waals surface area contributed by atoms with Crippen molar-refractivity contribution in [2.24, 2.45) is 10.9 Å². The highest BCUT2D eigenvalue weighted by Gasteiger charge is 2.24. The summed E-state index contributed by atoms with van der Waals surface area (Å²) in [5, 5.41) is 3.50. The highest BCUT2D eigenvalue weighted by Crippen LogP contribution is 2.20. The molecule has 0 spiro atoms. The fourth-order valence-electron chi connectivity index (χ4n) is 2.99. The summed E-state index contributed by atoms with van der Waals surface area (Å²) in [5.74, 6) is 1.79. The van der Waals surface area contributed by atoms with Crippen LogP contribution in [0.2, 0.25) is 0 Å². The van der Waals surface area contributed by atoms with Crippen LogP contribution in [-0.4, -0.2) is 62.6 Å². The van der Waals surface area contributed by atoms with E-state index in [9.17, 15) is 0 Å². The SMILES string of the molecule is CCN(C)CCNC(=NC)N1CCC(Cc2ccccc2)C1.I. The standard InChI is InChI=1S/C18H30N4.HI/c1-4-21(3)13-11-20-18(19-2)22-12-10-17(15-22)14-16-8-6-5-7-9-16;/h5-9,17H,4,10-15H2,1-3H3,(H,19,20);1H. The van der Waals surface area contributed by atoms with Gasteiger partial charge < -0.3 is 15.1 Å². The summed E-state index contributed by atoms with van der Waals surface area (Å²) in [6.45, 7) is 7.50. The third-order valence-electron chi connectivity index (χ3n) is 4.48. The van der Waals surface area contributed by atoms with Gasteiger partial charge in [0.2, 0.25) is 0 Å². The topological polar surface area (TPSA) is 30.9 Å². The van der Waals surface area contributed by atoms with E-state index in [1.54, 1.807) is 0 Å². The number of hydrogen-bond acceptors (Lipinski definition) is 2. The van der Waals surface area contributed by atoms with E-state index in [1.807, 2.05) is 7.05 Å². The fraction of sp³-hybridized carbons (Fsp3) is 0.611. The average molecular weight is 430 g/mol. The lowest BCUT2D eigenvalue weighted by molar-refractivity contribution is 0.353. The Balaban J connectivity index is 0.00000264. The number of likely N-dealkylation sites (N-methyl/N-ethyl adjacent to an activating group) is 1. The molecule has 0 aliphatic carbocycles. The minimum Gasteiger partial charge on any atom is -0.355 e. The van der Waals surface area contributed by atoms with E-state index < -0.39 is 0 Å². The van der Waals surface area contributed by atoms with Crippen LogP contribution in [0.5, 0.6) is 0 Å². The van der Waals surface area contributed by atoms with Crippen molar-refractivity contribution in [2.45, 2.75) is 19.8 Å². The molecule has 1 heterocycles. The van der Waals surface area contributed by atoms with Crippen molar-refractivity contribution in [1.82, 2.24) is 15.1 Å². The first-order valence-corrected chi connectivity index (χ1v) is 8.41. The molecule has 2 rings (SSSR count). The van der Waals surface area contributed by atoms with Gasteiger partial charge in [-0.15, -0.1) is 24.0 Å². The van der Waals surface area contributed by atoms with Crippen molar-refractivity contribution in [1.29, 1.82) is 0 Å². The van der Waals surface area contributed by atoms with Crippen LogP contribution in [0.1, 0.15) is 18.9 Å². The fourth-order valence-corrected chi connectivity index (χ4v) is 2.99. The van der Waals surface area contributed by atoms with Crippen molar-refractivity contribution in [3.63, 3.8) is 0 Å². The van der Waals surface area contributed by atoms with Crippen molar-refractivity contribution in [3.05, 3.63) is 35.9 Å². The van der Waals surface area contributed by atoms with Crippen LogP contribution in [0.4, 0.5) is 0 Å². The van der Waals surface area contributed by atoms with Crippen molar-refractivity contribution in [2.75, 3.05) is 46.8 Å². The van der Waals surface area contributed by atoms with Crippen molar-refractivity contribution < 1.29 is 0 Å². The number of nitrogens with zero attached hydrogens (tertiary/aromatic N) is 3. The van der Waals surface area contributed by atoms with Gasteiger partial charge in [0.05, 0.1) is 0 Å². The first-order chi connectivity index (χ1) is 10.7. The molecule has 0 bridgehead atoms. The Bertz CT molecular complexity index is 463. The predicted molar refractivity (Wildman–Crippen MR) is 110 cm³/mol. The van der Waals surface area contributed by atoms with Gasteiger partial charge in [-0.2, -0.15) is 0 Å². The van der Waals surface area contributed by atoms with E-state index in [0.29, 0.717) is 0 Å². The molecule has 1 atom stereocenters. The normalized spacial score (nSPS) is 18.2. The van der Waals surface area contributed by atoms with Crippen LogP contribution < -0.4 is 5.32 Å². The van der Waals surface area contributed by atoms with Gasteiger partial charge in [0, 0.05) is 33.2 Å². The van der Waals surface area contributed by atoms with Gasteiger partial charge in [0.15, 0.2) is 5.96 Å². The Hall–Kier alpha value is -0.820. The molecule has 4 nitrogen and oxygen atoms in total. The van der Waals surface area contributed by atoms with Gasteiger partial charge in [0.1, 0.15) is 0 Å². The highest BCUT2D eigenvalue weighted by molar-refractivity contribution is 14.0. The smallest absolute Gasteiger partial charge is 0.193 e. The lowest BCUT2D eigenvalue weighted by atomic mass is 9.99. The Morgan fingerprint density at radius 1 is 1.35 bits per heavy atom. The first-order valence-electron chi connectivity index (χ1n) is 8.41. The second-order valence-corrected chi connectivity index (χ2v) is 6.16. The molecule has 1 fully saturated rings. The minimum absolute atomic E-state index is 0. The molecule has 23 heavy (non-hydrogen) atoms. The number of nitrogens with one attached hydrogen (secondary N) is 1. The molecule has 1 saturated heterocycles. The number of guanidine groups is 1. The molecule has 130 valence electrons. The molecule has 0 amide bonds. The predicted octanol–water partition coefficient (Wildman–Crippen LogP) is 2.70. The van der Waals surface area contributed by atoms with Crippen LogP contribution in [-0.2, 0) is 6.42 Å². The minimum atomic E-state index is 0. The molecule has 0 aromatic heterocycles. The molecule has 1 aliphatic rings. The summed E-state index contributed by atoms with van der Waals surface area (Å²) in [6, 6.07) is 10.8. The summed E-state index contributed by atoms with van der Waals surface area (Å²) < 4.78 is 0. The maximum atomic E-state index is 4.45. The summed E-state index contributed by atoms with van der Waals surface area (Å²) in [4.78, 5) is 9.16. The van der Waals surface area contributed by atoms with Crippen molar-refractivity contribution in [3.8, 4) is 0 Å². The second-order valence-electron chi connectivity index (χ2n) is 6.16. The molecule has 1 aromatic rings. The van der Waals surface area contributed by atoms with E-state index in [4.69, 9.17) is 0 Å². The first kappa shape index (κ1) is 20.2. The maximum Gasteiger partial charge on any atom is 0.193 e. The molecule has 1 aliphatic heterocycles. The molecular formula is C18H31IN4. The van der Waals surface area contributed by atoms with Crippen LogP contribution in [0, 0.1) is 5.92 Å². The number of benzene rings is 1. The Kier molecular flexibility index (Phi) is 9.55. The second kappa shape index (κ2) is 10.9. The van der Waals surface area contributed by atoms with Crippen LogP contribution in [0.25, 0.3) is 0 Å². The number of rotatable bonds is 6. The van der Waals surface area contributed by atoms with Crippen molar-refractivity contribution >= 4 is 29.9 Å². The van der Waals surface area contributed by atoms with Gasteiger partial charge in [-0.25, -0.2) is 0 Å². The lowest BCUT2D eigenvalue weighted by Gasteiger charge is -2.23. The Morgan fingerprint density at radius 2 is 2.09 bits per heavy atom. The third-order valence-corrected chi connectivity index (χ3v) is 4.48. The largest absolute Gasteiger partial charge is 0.355 e. The maximum absolute atomic E-state index is 4.45. The average Bonchev–Trinajstić information content (AvgIpc) is 3.00. The Morgan fingerprint density at radius 3 is 2.74 bits per heavy atom. The van der Waals surface area contributed by atoms with Gasteiger partial charge in [0.25, 0.3) is 0 Å². The number of likely N-dealkylation sites (tertiary alicyclic amines) is 1. The lowest BCUT2D eigenvalue weighted by Crippen LogP contribution is -2.42. The zero-order valence-corrected chi connectivity index (χ0v) is 17.0. The van der Waals surface area contributed by atoms with E-state index in [0.717, 1.165) is 44.6 Å². The van der Waals surface area contributed by atoms with Crippen LogP contribution >= 0.6 is 24.0 Å². The molecule has 1 unspecified atom stereocenters. The van der Waals surface area contributed by atoms with Crippen LogP contribution in [0.15, 0.2) is 35.3 Å². The van der Waals surface area contributed by atoms with Gasteiger partial charge in [-0.3, -0.25) is 4.99 Å². The van der Waals surface area contributed by atoms with Gasteiger partial charge in [-0.1, -0.05) is 37.3 Å². The zero-order valence-electron chi connectivity index (χ0n) is 14.7. The van der Waals surface area contributed by atoms with Gasteiger partial charge in [-0.05, 0) is 37.9 Å². The molecule has 5 heteroatoms.